The predicted molar refractivity (Wildman–Crippen MR) is 170 cm³/mol. The van der Waals surface area contributed by atoms with Crippen molar-refractivity contribution in [3.05, 3.63) is 65.9 Å². The van der Waals surface area contributed by atoms with Gasteiger partial charge in [0, 0.05) is 42.6 Å². The molecule has 3 aliphatic rings. The molecule has 1 fully saturated rings. The monoisotopic (exact) mass is 598 g/mol. The van der Waals surface area contributed by atoms with E-state index in [9.17, 15) is 9.90 Å². The summed E-state index contributed by atoms with van der Waals surface area (Å²) < 4.78 is 20.7. The fourth-order valence-electron chi connectivity index (χ4n) is 6.17. The molecule has 4 aromatic rings. The third-order valence-corrected chi connectivity index (χ3v) is 8.49. The molecule has 2 aromatic carbocycles. The number of carboxylic acids is 1. The molecule has 1 N–H and O–H groups in total. The number of carbonyl (C=O) groups is 1. The van der Waals surface area contributed by atoms with Crippen LogP contribution in [0.2, 0.25) is 0 Å². The number of anilines is 1. The van der Waals surface area contributed by atoms with Crippen molar-refractivity contribution in [2.75, 3.05) is 31.2 Å². The summed E-state index contributed by atoms with van der Waals surface area (Å²) in [5.74, 6) is 0.507. The number of piperidine rings is 1. The van der Waals surface area contributed by atoms with Crippen LogP contribution in [-0.4, -0.2) is 63.2 Å². The summed E-state index contributed by atoms with van der Waals surface area (Å²) in [7, 11) is 0. The second kappa shape index (κ2) is 11.9. The highest BCUT2D eigenvalue weighted by Gasteiger charge is 2.37. The van der Waals surface area contributed by atoms with Crippen LogP contribution in [0.25, 0.3) is 28.0 Å². The molecule has 9 nitrogen and oxygen atoms in total. The summed E-state index contributed by atoms with van der Waals surface area (Å²) in [4.78, 5) is 19.9. The Bertz CT molecular complexity index is 1670. The Morgan fingerprint density at radius 3 is 2.50 bits per heavy atom. The van der Waals surface area contributed by atoms with E-state index in [0.717, 1.165) is 53.8 Å². The highest BCUT2D eigenvalue weighted by Crippen LogP contribution is 2.39. The maximum Gasteiger partial charge on any atom is 0.337 e. The maximum absolute atomic E-state index is 12.8. The highest BCUT2D eigenvalue weighted by atomic mass is 16.5. The van der Waals surface area contributed by atoms with E-state index in [2.05, 4.69) is 30.0 Å². The Kier molecular flexibility index (Phi) is 8.11. The summed E-state index contributed by atoms with van der Waals surface area (Å²) in [6.07, 6.45) is 2.20. The molecule has 6 bridgehead atoms. The number of aromatic nitrogens is 3. The summed E-state index contributed by atoms with van der Waals surface area (Å²) in [5, 5.41) is 15.5. The van der Waals surface area contributed by atoms with Gasteiger partial charge in [0.25, 0.3) is 0 Å². The quantitative estimate of drug-likeness (QED) is 0.273. The summed E-state index contributed by atoms with van der Waals surface area (Å²) in [5.41, 5.74) is 4.59. The average molecular weight is 599 g/mol. The molecule has 1 saturated heterocycles. The third-order valence-electron chi connectivity index (χ3n) is 8.49. The molecule has 0 amide bonds. The van der Waals surface area contributed by atoms with Gasteiger partial charge < -0.3 is 24.2 Å². The van der Waals surface area contributed by atoms with Gasteiger partial charge in [0.2, 0.25) is 0 Å². The summed E-state index contributed by atoms with van der Waals surface area (Å²) in [6, 6.07) is 18.3. The van der Waals surface area contributed by atoms with E-state index in [4.69, 9.17) is 24.3 Å². The van der Waals surface area contributed by atoms with Crippen LogP contribution < -0.4 is 9.64 Å². The Hall–Kier alpha value is -3.95. The first-order valence-corrected chi connectivity index (χ1v) is 15.5. The number of aryl methyl sites for hydroxylation is 1. The minimum atomic E-state index is -1.21. The van der Waals surface area contributed by atoms with E-state index < -0.39 is 17.7 Å². The Morgan fingerprint density at radius 1 is 1.02 bits per heavy atom. The second-order valence-electron chi connectivity index (χ2n) is 13.1. The molecule has 1 unspecified atom stereocenters. The minimum Gasteiger partial charge on any atom is -0.493 e. The van der Waals surface area contributed by atoms with Crippen molar-refractivity contribution in [2.45, 2.75) is 77.6 Å². The van der Waals surface area contributed by atoms with Crippen LogP contribution >= 0.6 is 0 Å². The Morgan fingerprint density at radius 2 is 1.75 bits per heavy atom. The molecule has 5 heterocycles. The van der Waals surface area contributed by atoms with Gasteiger partial charge in [0.15, 0.2) is 11.8 Å². The number of hydrogen-bond acceptors (Lipinski definition) is 7. The third kappa shape index (κ3) is 6.16. The number of para-hydroxylation sites is 1. The van der Waals surface area contributed by atoms with E-state index in [0.29, 0.717) is 49.0 Å². The molecule has 0 aliphatic carbocycles. The fourth-order valence-corrected chi connectivity index (χ4v) is 6.17. The molecule has 0 radical (unpaired) electrons. The largest absolute Gasteiger partial charge is 0.493 e. The van der Waals surface area contributed by atoms with Gasteiger partial charge in [-0.3, -0.25) is 0 Å². The number of carboxylic acid groups (broad SMARTS) is 1. The smallest absolute Gasteiger partial charge is 0.337 e. The van der Waals surface area contributed by atoms with Gasteiger partial charge in [-0.05, 0) is 78.0 Å². The number of ether oxygens (including phenoxy) is 3. The molecule has 9 heteroatoms. The predicted octanol–water partition coefficient (Wildman–Crippen LogP) is 6.86. The highest BCUT2D eigenvalue weighted by molar-refractivity contribution is 5.80. The second-order valence-corrected chi connectivity index (χ2v) is 13.1. The number of benzene rings is 2. The molecular formula is C35H42N4O5. The minimum absolute atomic E-state index is 0.267. The van der Waals surface area contributed by atoms with Gasteiger partial charge in [-0.15, -0.1) is 0 Å². The lowest BCUT2D eigenvalue weighted by atomic mass is 9.92. The van der Waals surface area contributed by atoms with Crippen molar-refractivity contribution in [3.63, 3.8) is 0 Å². The van der Waals surface area contributed by atoms with Crippen LogP contribution in [0.1, 0.15) is 70.7 Å². The van der Waals surface area contributed by atoms with E-state index in [1.54, 1.807) is 4.52 Å². The van der Waals surface area contributed by atoms with Gasteiger partial charge >= 0.3 is 5.97 Å². The van der Waals surface area contributed by atoms with Crippen LogP contribution in [0.15, 0.2) is 54.6 Å². The number of fused-ring (bicyclic) bond motifs is 7. The van der Waals surface area contributed by atoms with Crippen molar-refractivity contribution >= 4 is 17.4 Å². The number of nitrogens with zero attached hydrogens (tertiary/aromatic N) is 4. The van der Waals surface area contributed by atoms with Crippen LogP contribution in [0, 0.1) is 6.92 Å². The SMILES string of the molecule is Cc1nc2cc3nn2c(c1C(OC(C)(C)C)C(=O)O)N1CCC(C)(CC1)OCCCCOc1ccccc1-c1cccc-3c1. The van der Waals surface area contributed by atoms with Gasteiger partial charge in [0.05, 0.1) is 29.1 Å². The molecule has 2 aromatic heterocycles. The lowest BCUT2D eigenvalue weighted by Gasteiger charge is -2.41. The van der Waals surface area contributed by atoms with Crippen molar-refractivity contribution in [3.8, 4) is 28.1 Å². The molecule has 7 rings (SSSR count). The Labute approximate surface area is 258 Å². The van der Waals surface area contributed by atoms with E-state index in [1.165, 1.54) is 0 Å². The van der Waals surface area contributed by atoms with Gasteiger partial charge in [-0.1, -0.05) is 36.4 Å². The summed E-state index contributed by atoms with van der Waals surface area (Å²) in [6.45, 7) is 12.3. The van der Waals surface area contributed by atoms with Gasteiger partial charge in [0.1, 0.15) is 11.6 Å². The zero-order valence-electron chi connectivity index (χ0n) is 26.3. The summed E-state index contributed by atoms with van der Waals surface area (Å²) >= 11 is 0. The standard InChI is InChI=1S/C35H42N4O5/c1-23-30(31(33(40)41)44-34(2,3)4)32-38-17-15-35(5,16-18-38)43-20-9-8-19-42-28-14-7-6-13-26(28)24-11-10-12-25(21-24)27-22-29(36-23)39(32)37-27/h6-7,10-14,21-22,31H,8-9,15-20H2,1-5H3,(H,40,41). The van der Waals surface area contributed by atoms with Gasteiger partial charge in [-0.2, -0.15) is 9.61 Å². The molecule has 232 valence electrons. The molecule has 1 atom stereocenters. The molecule has 0 spiro atoms. The molecule has 0 saturated carbocycles. The molecular weight excluding hydrogens is 556 g/mol. The normalized spacial score (nSPS) is 17.8. The Balaban J connectivity index is 1.54. The fraction of sp³-hybridized carbons (Fsp3) is 0.457. The van der Waals surface area contributed by atoms with Crippen molar-refractivity contribution in [1.29, 1.82) is 0 Å². The molecule has 44 heavy (non-hydrogen) atoms. The number of hydrogen-bond donors (Lipinski definition) is 1. The van der Waals surface area contributed by atoms with Crippen molar-refractivity contribution in [1.82, 2.24) is 14.6 Å². The first kappa shape index (κ1) is 30.1. The van der Waals surface area contributed by atoms with Crippen LogP contribution in [0.4, 0.5) is 5.82 Å². The maximum atomic E-state index is 12.8. The zero-order valence-corrected chi connectivity index (χ0v) is 26.3. The average Bonchev–Trinajstić information content (AvgIpc) is 3.41. The van der Waals surface area contributed by atoms with Crippen LogP contribution in [0.3, 0.4) is 0 Å². The van der Waals surface area contributed by atoms with Gasteiger partial charge in [-0.25, -0.2) is 9.78 Å². The number of rotatable bonds is 3. The van der Waals surface area contributed by atoms with E-state index in [1.807, 2.05) is 64.1 Å². The van der Waals surface area contributed by atoms with E-state index in [-0.39, 0.29) is 5.60 Å². The topological polar surface area (TPSA) is 98.4 Å². The zero-order chi connectivity index (χ0) is 31.1. The molecule has 3 aliphatic heterocycles. The number of aliphatic carboxylic acids is 1. The van der Waals surface area contributed by atoms with Crippen LogP contribution in [-0.2, 0) is 14.3 Å². The first-order valence-electron chi connectivity index (χ1n) is 15.5. The van der Waals surface area contributed by atoms with Crippen LogP contribution in [0.5, 0.6) is 5.75 Å². The lowest BCUT2D eigenvalue weighted by molar-refractivity contribution is -0.160. The first-order chi connectivity index (χ1) is 21.0. The van der Waals surface area contributed by atoms with E-state index >= 15 is 0 Å². The van der Waals surface area contributed by atoms with Crippen molar-refractivity contribution < 1.29 is 24.1 Å². The van der Waals surface area contributed by atoms with Crippen molar-refractivity contribution in [2.24, 2.45) is 0 Å². The lowest BCUT2D eigenvalue weighted by Crippen LogP contribution is -2.46.